The highest BCUT2D eigenvalue weighted by molar-refractivity contribution is 5.72. The normalized spacial score (nSPS) is 14.8. The Balaban J connectivity index is 2.70. The molecule has 4 nitrogen and oxygen atoms in total. The predicted molar refractivity (Wildman–Crippen MR) is 62.1 cm³/mol. The van der Waals surface area contributed by atoms with Crippen molar-refractivity contribution in [2.24, 2.45) is 11.7 Å². The van der Waals surface area contributed by atoms with E-state index >= 15 is 0 Å². The molecular weight excluding hydrogens is 261 g/mol. The third kappa shape index (κ3) is 4.20. The summed E-state index contributed by atoms with van der Waals surface area (Å²) in [5.74, 6) is -1.01. The molecule has 0 amide bonds. The highest BCUT2D eigenvalue weighted by Gasteiger charge is 2.30. The summed E-state index contributed by atoms with van der Waals surface area (Å²) in [6, 6.07) is 1.64. The van der Waals surface area contributed by atoms with Crippen molar-refractivity contribution in [1.82, 2.24) is 4.98 Å². The lowest BCUT2D eigenvalue weighted by molar-refractivity contribution is -0.145. The second-order valence-electron chi connectivity index (χ2n) is 4.22. The van der Waals surface area contributed by atoms with Crippen molar-refractivity contribution >= 4 is 5.97 Å². The molecule has 2 N–H and O–H groups in total. The molecule has 0 bridgehead atoms. The van der Waals surface area contributed by atoms with Gasteiger partial charge in [-0.2, -0.15) is 13.2 Å². The molecule has 7 heteroatoms. The molecule has 2 unspecified atom stereocenters. The van der Waals surface area contributed by atoms with E-state index in [1.54, 1.807) is 6.92 Å². The third-order valence-electron chi connectivity index (χ3n) is 2.81. The highest BCUT2D eigenvalue weighted by Crippen LogP contribution is 2.28. The van der Waals surface area contributed by atoms with E-state index < -0.39 is 29.7 Å². The number of carbonyl (C=O) groups excluding carboxylic acids is 1. The zero-order chi connectivity index (χ0) is 14.6. The SMILES string of the molecule is COC(=O)C(C)C(N)Cc1ccc(C(F)(F)F)cn1. The van der Waals surface area contributed by atoms with Gasteiger partial charge in [0.05, 0.1) is 18.6 Å². The zero-order valence-electron chi connectivity index (χ0n) is 10.6. The van der Waals surface area contributed by atoms with Crippen LogP contribution in [0.2, 0.25) is 0 Å². The minimum atomic E-state index is -4.41. The Kier molecular flexibility index (Phi) is 4.88. The molecule has 0 saturated heterocycles. The van der Waals surface area contributed by atoms with Crippen LogP contribution in [-0.4, -0.2) is 24.1 Å². The van der Waals surface area contributed by atoms with Crippen molar-refractivity contribution in [2.45, 2.75) is 25.6 Å². The number of alkyl halides is 3. The molecule has 1 heterocycles. The number of esters is 1. The zero-order valence-corrected chi connectivity index (χ0v) is 10.6. The van der Waals surface area contributed by atoms with Gasteiger partial charge in [-0.15, -0.1) is 0 Å². The van der Waals surface area contributed by atoms with E-state index in [4.69, 9.17) is 5.73 Å². The van der Waals surface area contributed by atoms with Crippen LogP contribution in [0.1, 0.15) is 18.2 Å². The summed E-state index contributed by atoms with van der Waals surface area (Å²) < 4.78 is 41.6. The molecule has 1 aromatic rings. The number of nitrogens with zero attached hydrogens (tertiary/aromatic N) is 1. The Hall–Kier alpha value is -1.63. The number of halogens is 3. The largest absolute Gasteiger partial charge is 0.469 e. The molecule has 0 aromatic carbocycles. The van der Waals surface area contributed by atoms with E-state index in [1.807, 2.05) is 0 Å². The average molecular weight is 276 g/mol. The van der Waals surface area contributed by atoms with Crippen LogP contribution < -0.4 is 5.73 Å². The van der Waals surface area contributed by atoms with Gasteiger partial charge in [-0.25, -0.2) is 0 Å². The quantitative estimate of drug-likeness (QED) is 0.851. The predicted octanol–water partition coefficient (Wildman–Crippen LogP) is 1.78. The van der Waals surface area contributed by atoms with Gasteiger partial charge in [-0.05, 0) is 12.1 Å². The van der Waals surface area contributed by atoms with E-state index in [9.17, 15) is 18.0 Å². The van der Waals surface area contributed by atoms with Gasteiger partial charge in [0.1, 0.15) is 0 Å². The number of carbonyl (C=O) groups is 1. The van der Waals surface area contributed by atoms with E-state index in [-0.39, 0.29) is 6.42 Å². The molecule has 0 aliphatic rings. The number of ether oxygens (including phenoxy) is 1. The molecule has 0 aliphatic carbocycles. The summed E-state index contributed by atoms with van der Waals surface area (Å²) in [4.78, 5) is 15.0. The van der Waals surface area contributed by atoms with Crippen molar-refractivity contribution in [3.05, 3.63) is 29.6 Å². The Morgan fingerprint density at radius 1 is 1.47 bits per heavy atom. The number of aromatic nitrogens is 1. The van der Waals surface area contributed by atoms with Crippen molar-refractivity contribution < 1.29 is 22.7 Å². The summed E-state index contributed by atoms with van der Waals surface area (Å²) in [5.41, 5.74) is 5.37. The maximum Gasteiger partial charge on any atom is 0.417 e. The van der Waals surface area contributed by atoms with Crippen LogP contribution in [-0.2, 0) is 22.1 Å². The maximum absolute atomic E-state index is 12.3. The van der Waals surface area contributed by atoms with Crippen LogP contribution in [0.15, 0.2) is 18.3 Å². The fourth-order valence-electron chi connectivity index (χ4n) is 1.49. The number of nitrogens with two attached hydrogens (primary N) is 1. The Morgan fingerprint density at radius 3 is 2.53 bits per heavy atom. The first-order valence-corrected chi connectivity index (χ1v) is 5.61. The number of hydrogen-bond acceptors (Lipinski definition) is 4. The number of rotatable bonds is 4. The van der Waals surface area contributed by atoms with E-state index in [2.05, 4.69) is 9.72 Å². The standard InChI is InChI=1S/C12H15F3N2O2/c1-7(11(18)19-2)10(16)5-9-4-3-8(6-17-9)12(13,14)15/h3-4,6-7,10H,5,16H2,1-2H3. The average Bonchev–Trinajstić information content (AvgIpc) is 2.36. The highest BCUT2D eigenvalue weighted by atomic mass is 19.4. The second-order valence-corrected chi connectivity index (χ2v) is 4.22. The van der Waals surface area contributed by atoms with Gasteiger partial charge in [0.25, 0.3) is 0 Å². The molecule has 0 saturated carbocycles. The van der Waals surface area contributed by atoms with Crippen LogP contribution >= 0.6 is 0 Å². The Morgan fingerprint density at radius 2 is 2.11 bits per heavy atom. The summed E-state index contributed by atoms with van der Waals surface area (Å²) >= 11 is 0. The minimum Gasteiger partial charge on any atom is -0.469 e. The molecule has 1 rings (SSSR count). The second kappa shape index (κ2) is 6.01. The lowest BCUT2D eigenvalue weighted by atomic mass is 9.98. The van der Waals surface area contributed by atoms with Gasteiger partial charge in [-0.1, -0.05) is 6.92 Å². The number of methoxy groups -OCH3 is 1. The first-order chi connectivity index (χ1) is 8.75. The lowest BCUT2D eigenvalue weighted by Gasteiger charge is -2.17. The van der Waals surface area contributed by atoms with Crippen molar-refractivity contribution in [3.63, 3.8) is 0 Å². The minimum absolute atomic E-state index is 0.203. The fraction of sp³-hybridized carbons (Fsp3) is 0.500. The van der Waals surface area contributed by atoms with E-state index in [1.165, 1.54) is 13.2 Å². The first kappa shape index (κ1) is 15.4. The maximum atomic E-state index is 12.3. The summed E-state index contributed by atoms with van der Waals surface area (Å²) in [7, 11) is 1.25. The molecule has 0 aliphatic heterocycles. The van der Waals surface area contributed by atoms with Crippen LogP contribution in [0.3, 0.4) is 0 Å². The number of pyridine rings is 1. The van der Waals surface area contributed by atoms with E-state index in [0.717, 1.165) is 12.3 Å². The van der Waals surface area contributed by atoms with Crippen LogP contribution in [0.25, 0.3) is 0 Å². The van der Waals surface area contributed by atoms with Crippen LogP contribution in [0, 0.1) is 5.92 Å². The summed E-state index contributed by atoms with van der Waals surface area (Å²) in [5, 5.41) is 0. The van der Waals surface area contributed by atoms with Gasteiger partial charge in [0.15, 0.2) is 0 Å². The smallest absolute Gasteiger partial charge is 0.417 e. The van der Waals surface area contributed by atoms with Gasteiger partial charge < -0.3 is 10.5 Å². The first-order valence-electron chi connectivity index (χ1n) is 5.61. The fourth-order valence-corrected chi connectivity index (χ4v) is 1.49. The molecule has 19 heavy (non-hydrogen) atoms. The molecule has 106 valence electrons. The van der Waals surface area contributed by atoms with Gasteiger partial charge in [0.2, 0.25) is 0 Å². The summed E-state index contributed by atoms with van der Waals surface area (Å²) in [6.07, 6.45) is -3.45. The van der Waals surface area contributed by atoms with Crippen LogP contribution in [0.5, 0.6) is 0 Å². The molecule has 2 atom stereocenters. The summed E-state index contributed by atoms with van der Waals surface area (Å²) in [6.45, 7) is 1.60. The molecule has 0 radical (unpaired) electrons. The molecule has 0 fully saturated rings. The third-order valence-corrected chi connectivity index (χ3v) is 2.81. The van der Waals surface area contributed by atoms with Crippen molar-refractivity contribution in [1.29, 1.82) is 0 Å². The van der Waals surface area contributed by atoms with Crippen LogP contribution in [0.4, 0.5) is 13.2 Å². The number of hydrogen-bond donors (Lipinski definition) is 1. The van der Waals surface area contributed by atoms with Gasteiger partial charge >= 0.3 is 12.1 Å². The Labute approximate surface area is 108 Å². The van der Waals surface area contributed by atoms with Gasteiger partial charge in [0, 0.05) is 24.4 Å². The lowest BCUT2D eigenvalue weighted by Crippen LogP contribution is -2.36. The van der Waals surface area contributed by atoms with E-state index in [0.29, 0.717) is 5.69 Å². The Bertz CT molecular complexity index is 432. The molecule has 1 aromatic heterocycles. The monoisotopic (exact) mass is 276 g/mol. The van der Waals surface area contributed by atoms with Crippen molar-refractivity contribution in [3.8, 4) is 0 Å². The molecular formula is C12H15F3N2O2. The van der Waals surface area contributed by atoms with Crippen molar-refractivity contribution in [2.75, 3.05) is 7.11 Å². The topological polar surface area (TPSA) is 65.2 Å². The van der Waals surface area contributed by atoms with Gasteiger partial charge in [-0.3, -0.25) is 9.78 Å². The molecule has 0 spiro atoms.